The normalized spacial score (nSPS) is 23.8. The van der Waals surface area contributed by atoms with Crippen LogP contribution in [0.5, 0.6) is 0 Å². The number of nitrogens with one attached hydrogen (secondary N) is 2. The van der Waals surface area contributed by atoms with Gasteiger partial charge in [0.05, 0.1) is 11.4 Å². The maximum Gasteiger partial charge on any atom is 0.295 e. The lowest BCUT2D eigenvalue weighted by Crippen LogP contribution is -3.19. The standard InChI is InChI=1S/C20H28N4O3/c1-13-11-23(12-14(2)27-13)16(4)19(25)21-18-15(3)22(5)24(20(18)26)17-9-7-6-8-10-17/h6-10,13-14,16H,11-12H2,1-5H3,(H,21,25)/p+1/t13-,14-,16+/m1/s1. The average Bonchev–Trinajstić information content (AvgIpc) is 2.84. The number of hydrogen-bond donors (Lipinski definition) is 2. The molecule has 3 rings (SSSR count). The first-order valence-corrected chi connectivity index (χ1v) is 9.44. The fraction of sp³-hybridized carbons (Fsp3) is 0.500. The summed E-state index contributed by atoms with van der Waals surface area (Å²) in [6, 6.07) is 9.15. The summed E-state index contributed by atoms with van der Waals surface area (Å²) < 4.78 is 9.10. The third-order valence-electron chi connectivity index (χ3n) is 5.37. The molecule has 7 nitrogen and oxygen atoms in total. The number of benzene rings is 1. The summed E-state index contributed by atoms with van der Waals surface area (Å²) in [5.41, 5.74) is 1.61. The van der Waals surface area contributed by atoms with Crippen molar-refractivity contribution in [1.29, 1.82) is 0 Å². The van der Waals surface area contributed by atoms with Crippen molar-refractivity contribution in [2.24, 2.45) is 7.05 Å². The van der Waals surface area contributed by atoms with Crippen LogP contribution in [-0.4, -0.2) is 46.6 Å². The summed E-state index contributed by atoms with van der Waals surface area (Å²) in [5, 5.41) is 2.88. The van der Waals surface area contributed by atoms with Gasteiger partial charge in [0.25, 0.3) is 11.5 Å². The van der Waals surface area contributed by atoms with Gasteiger partial charge < -0.3 is 15.0 Å². The highest BCUT2D eigenvalue weighted by atomic mass is 16.5. The van der Waals surface area contributed by atoms with E-state index in [9.17, 15) is 9.59 Å². The quantitative estimate of drug-likeness (QED) is 0.820. The molecule has 3 atom stereocenters. The largest absolute Gasteiger partial charge is 0.364 e. The van der Waals surface area contributed by atoms with E-state index in [-0.39, 0.29) is 29.7 Å². The molecule has 0 bridgehead atoms. The van der Waals surface area contributed by atoms with Crippen LogP contribution in [0.15, 0.2) is 35.1 Å². The Morgan fingerprint density at radius 3 is 2.41 bits per heavy atom. The number of amides is 1. The van der Waals surface area contributed by atoms with E-state index in [1.807, 2.05) is 65.1 Å². The zero-order chi connectivity index (χ0) is 19.7. The highest BCUT2D eigenvalue weighted by Crippen LogP contribution is 2.14. The second kappa shape index (κ2) is 7.70. The molecule has 1 aromatic heterocycles. The van der Waals surface area contributed by atoms with Gasteiger partial charge in [-0.3, -0.25) is 14.3 Å². The lowest BCUT2D eigenvalue weighted by molar-refractivity contribution is -0.928. The van der Waals surface area contributed by atoms with Crippen LogP contribution in [-0.2, 0) is 16.6 Å². The molecule has 0 unspecified atom stereocenters. The number of carbonyl (C=O) groups is 1. The number of nitrogens with zero attached hydrogens (tertiary/aromatic N) is 2. The van der Waals surface area contributed by atoms with E-state index >= 15 is 0 Å². The summed E-state index contributed by atoms with van der Waals surface area (Å²) >= 11 is 0. The van der Waals surface area contributed by atoms with Crippen molar-refractivity contribution >= 4 is 11.6 Å². The Morgan fingerprint density at radius 1 is 1.22 bits per heavy atom. The highest BCUT2D eigenvalue weighted by Gasteiger charge is 2.33. The van der Waals surface area contributed by atoms with Crippen molar-refractivity contribution in [3.63, 3.8) is 0 Å². The smallest absolute Gasteiger partial charge is 0.295 e. The minimum atomic E-state index is -0.261. The molecule has 1 amide bonds. The molecule has 1 aromatic carbocycles. The van der Waals surface area contributed by atoms with E-state index in [2.05, 4.69) is 5.32 Å². The van der Waals surface area contributed by atoms with Gasteiger partial charge in [-0.1, -0.05) is 18.2 Å². The van der Waals surface area contributed by atoms with Gasteiger partial charge >= 0.3 is 0 Å². The second-order valence-corrected chi connectivity index (χ2v) is 7.47. The van der Waals surface area contributed by atoms with E-state index in [1.165, 1.54) is 4.90 Å². The number of aromatic nitrogens is 2. The van der Waals surface area contributed by atoms with Gasteiger partial charge in [0.2, 0.25) is 0 Å². The van der Waals surface area contributed by atoms with Crippen LogP contribution in [0.3, 0.4) is 0 Å². The van der Waals surface area contributed by atoms with Gasteiger partial charge in [0, 0.05) is 7.05 Å². The number of ether oxygens (including phenoxy) is 1. The number of para-hydroxylation sites is 1. The molecule has 1 saturated heterocycles. The monoisotopic (exact) mass is 373 g/mol. The van der Waals surface area contributed by atoms with Crippen LogP contribution in [0.2, 0.25) is 0 Å². The molecule has 0 spiro atoms. The van der Waals surface area contributed by atoms with E-state index in [4.69, 9.17) is 4.74 Å². The van der Waals surface area contributed by atoms with Crippen LogP contribution in [0.25, 0.3) is 5.69 Å². The Kier molecular flexibility index (Phi) is 5.53. The molecule has 27 heavy (non-hydrogen) atoms. The molecule has 2 heterocycles. The van der Waals surface area contributed by atoms with Crippen LogP contribution in [0, 0.1) is 6.92 Å². The SMILES string of the molecule is Cc1c(NC(=O)[C@H](C)[NH+]2C[C@@H](C)O[C@H](C)C2)c(=O)n(-c2ccccc2)n1C. The molecular formula is C20H29N4O3+. The van der Waals surface area contributed by atoms with Gasteiger partial charge in [-0.15, -0.1) is 0 Å². The number of quaternary nitrogens is 1. The molecule has 1 aliphatic heterocycles. The minimum Gasteiger partial charge on any atom is -0.364 e. The number of carbonyl (C=O) groups excluding carboxylic acids is 1. The molecule has 2 aromatic rings. The van der Waals surface area contributed by atoms with Gasteiger partial charge in [-0.2, -0.15) is 0 Å². The predicted octanol–water partition coefficient (Wildman–Crippen LogP) is 0.504. The Balaban J connectivity index is 1.83. The average molecular weight is 373 g/mol. The molecule has 146 valence electrons. The van der Waals surface area contributed by atoms with Gasteiger partial charge in [-0.05, 0) is 39.8 Å². The van der Waals surface area contributed by atoms with Crippen molar-refractivity contribution in [1.82, 2.24) is 9.36 Å². The summed E-state index contributed by atoms with van der Waals surface area (Å²) in [6.45, 7) is 9.36. The Labute approximate surface area is 159 Å². The molecule has 1 fully saturated rings. The van der Waals surface area contributed by atoms with Crippen LogP contribution in [0.1, 0.15) is 26.5 Å². The highest BCUT2D eigenvalue weighted by molar-refractivity contribution is 5.94. The molecule has 2 N–H and O–H groups in total. The van der Waals surface area contributed by atoms with Gasteiger partial charge in [0.1, 0.15) is 31.0 Å². The third-order valence-corrected chi connectivity index (χ3v) is 5.37. The van der Waals surface area contributed by atoms with Gasteiger partial charge in [-0.25, -0.2) is 4.68 Å². The number of hydrogen-bond acceptors (Lipinski definition) is 3. The van der Waals surface area contributed by atoms with Crippen molar-refractivity contribution < 1.29 is 14.4 Å². The molecular weight excluding hydrogens is 344 g/mol. The van der Waals surface area contributed by atoms with E-state index in [0.29, 0.717) is 5.69 Å². The molecule has 1 aliphatic rings. The van der Waals surface area contributed by atoms with Crippen molar-refractivity contribution in [2.75, 3.05) is 18.4 Å². The first-order valence-electron chi connectivity index (χ1n) is 9.44. The Bertz CT molecular complexity index is 861. The molecule has 0 saturated carbocycles. The molecule has 7 heteroatoms. The van der Waals surface area contributed by atoms with E-state index in [0.717, 1.165) is 24.5 Å². The maximum atomic E-state index is 13.0. The topological polar surface area (TPSA) is 69.7 Å². The minimum absolute atomic E-state index is 0.118. The first kappa shape index (κ1) is 19.4. The summed E-state index contributed by atoms with van der Waals surface area (Å²) in [6.07, 6.45) is 0.237. The van der Waals surface area contributed by atoms with E-state index in [1.54, 1.807) is 9.36 Å². The zero-order valence-corrected chi connectivity index (χ0v) is 16.7. The number of rotatable bonds is 4. The number of anilines is 1. The van der Waals surface area contributed by atoms with Gasteiger partial charge in [0.15, 0.2) is 6.04 Å². The lowest BCUT2D eigenvalue weighted by Gasteiger charge is -2.35. The molecule has 0 aliphatic carbocycles. The predicted molar refractivity (Wildman–Crippen MR) is 105 cm³/mol. The second-order valence-electron chi connectivity index (χ2n) is 7.47. The van der Waals surface area contributed by atoms with Crippen molar-refractivity contribution in [3.05, 3.63) is 46.4 Å². The van der Waals surface area contributed by atoms with Crippen molar-refractivity contribution in [2.45, 2.75) is 45.9 Å². The van der Waals surface area contributed by atoms with E-state index < -0.39 is 0 Å². The third kappa shape index (κ3) is 3.84. The fourth-order valence-corrected chi connectivity index (χ4v) is 3.80. The van der Waals surface area contributed by atoms with Crippen LogP contribution < -0.4 is 15.8 Å². The van der Waals surface area contributed by atoms with Crippen LogP contribution in [0.4, 0.5) is 5.69 Å². The summed E-state index contributed by atoms with van der Waals surface area (Å²) in [7, 11) is 1.82. The van der Waals surface area contributed by atoms with Crippen molar-refractivity contribution in [3.8, 4) is 5.69 Å². The Hall–Kier alpha value is -2.38. The molecule has 0 radical (unpaired) electrons. The fourth-order valence-electron chi connectivity index (χ4n) is 3.80. The Morgan fingerprint density at radius 2 is 1.81 bits per heavy atom. The first-order chi connectivity index (χ1) is 12.8. The summed E-state index contributed by atoms with van der Waals surface area (Å²) in [5.74, 6) is -0.141. The summed E-state index contributed by atoms with van der Waals surface area (Å²) in [4.78, 5) is 27.0. The maximum absolute atomic E-state index is 13.0. The number of morpholine rings is 1. The van der Waals surface area contributed by atoms with Crippen LogP contribution >= 0.6 is 0 Å². The lowest BCUT2D eigenvalue weighted by atomic mass is 10.1. The zero-order valence-electron chi connectivity index (χ0n) is 16.7.